The van der Waals surface area contributed by atoms with Gasteiger partial charge in [0.2, 0.25) is 5.91 Å². The SMILES string of the molecule is O=C1CCC(NC(=O)c2ccc3c(c2)NC(=O)CO3)CN1. The highest BCUT2D eigenvalue weighted by atomic mass is 16.5. The number of nitrogens with one attached hydrogen (secondary N) is 3. The smallest absolute Gasteiger partial charge is 0.262 e. The van der Waals surface area contributed by atoms with Crippen molar-refractivity contribution in [3.05, 3.63) is 23.8 Å². The van der Waals surface area contributed by atoms with E-state index in [4.69, 9.17) is 4.74 Å². The Morgan fingerprint density at radius 2 is 2.14 bits per heavy atom. The highest BCUT2D eigenvalue weighted by Crippen LogP contribution is 2.28. The minimum absolute atomic E-state index is 0.00846. The average Bonchev–Trinajstić information content (AvgIpc) is 2.48. The number of fused-ring (bicyclic) bond motifs is 1. The summed E-state index contributed by atoms with van der Waals surface area (Å²) in [6, 6.07) is 4.82. The van der Waals surface area contributed by atoms with Gasteiger partial charge in [-0.05, 0) is 24.6 Å². The molecular weight excluding hydrogens is 274 g/mol. The third kappa shape index (κ3) is 2.96. The zero-order valence-electron chi connectivity index (χ0n) is 11.3. The number of hydrogen-bond donors (Lipinski definition) is 3. The molecule has 0 spiro atoms. The fourth-order valence-corrected chi connectivity index (χ4v) is 2.35. The first-order valence-electron chi connectivity index (χ1n) is 6.76. The Labute approximate surface area is 121 Å². The number of carbonyl (C=O) groups is 3. The van der Waals surface area contributed by atoms with Crippen molar-refractivity contribution in [3.8, 4) is 5.75 Å². The topological polar surface area (TPSA) is 96.5 Å². The number of anilines is 1. The third-order valence-electron chi connectivity index (χ3n) is 3.48. The highest BCUT2D eigenvalue weighted by molar-refractivity contribution is 6.00. The Balaban J connectivity index is 1.69. The molecule has 2 aliphatic rings. The van der Waals surface area contributed by atoms with Crippen molar-refractivity contribution in [1.29, 1.82) is 0 Å². The lowest BCUT2D eigenvalue weighted by atomic mass is 10.1. The normalized spacial score (nSPS) is 20.7. The molecule has 110 valence electrons. The van der Waals surface area contributed by atoms with Gasteiger partial charge in [-0.25, -0.2) is 0 Å². The second-order valence-electron chi connectivity index (χ2n) is 5.06. The predicted octanol–water partition coefficient (Wildman–Crippen LogP) is 0.0259. The van der Waals surface area contributed by atoms with Gasteiger partial charge in [0.05, 0.1) is 5.69 Å². The number of benzene rings is 1. The van der Waals surface area contributed by atoms with Gasteiger partial charge in [0.1, 0.15) is 5.75 Å². The first-order chi connectivity index (χ1) is 10.1. The number of piperidine rings is 1. The molecule has 1 aromatic carbocycles. The Bertz CT molecular complexity index is 604. The first kappa shape index (κ1) is 13.4. The van der Waals surface area contributed by atoms with Crippen LogP contribution in [0.4, 0.5) is 5.69 Å². The van der Waals surface area contributed by atoms with Crippen LogP contribution in [-0.4, -0.2) is 36.9 Å². The van der Waals surface area contributed by atoms with Crippen molar-refractivity contribution in [2.75, 3.05) is 18.5 Å². The molecule has 0 radical (unpaired) electrons. The molecule has 3 rings (SSSR count). The zero-order chi connectivity index (χ0) is 14.8. The van der Waals surface area contributed by atoms with E-state index in [9.17, 15) is 14.4 Å². The van der Waals surface area contributed by atoms with E-state index in [1.54, 1.807) is 18.2 Å². The second kappa shape index (κ2) is 5.43. The van der Waals surface area contributed by atoms with Crippen LogP contribution in [0.1, 0.15) is 23.2 Å². The lowest BCUT2D eigenvalue weighted by Gasteiger charge is -2.24. The van der Waals surface area contributed by atoms with Crippen molar-refractivity contribution in [2.24, 2.45) is 0 Å². The van der Waals surface area contributed by atoms with E-state index in [1.807, 2.05) is 0 Å². The maximum absolute atomic E-state index is 12.2. The Kier molecular flexibility index (Phi) is 3.47. The predicted molar refractivity (Wildman–Crippen MR) is 74.1 cm³/mol. The van der Waals surface area contributed by atoms with E-state index in [-0.39, 0.29) is 30.4 Å². The summed E-state index contributed by atoms with van der Waals surface area (Å²) in [5.41, 5.74) is 0.937. The monoisotopic (exact) mass is 289 g/mol. The fourth-order valence-electron chi connectivity index (χ4n) is 2.35. The van der Waals surface area contributed by atoms with Crippen LogP contribution in [0.25, 0.3) is 0 Å². The van der Waals surface area contributed by atoms with Crippen molar-refractivity contribution in [2.45, 2.75) is 18.9 Å². The molecule has 3 N–H and O–H groups in total. The van der Waals surface area contributed by atoms with Crippen molar-refractivity contribution < 1.29 is 19.1 Å². The summed E-state index contributed by atoms with van der Waals surface area (Å²) < 4.78 is 5.24. The quantitative estimate of drug-likeness (QED) is 0.715. The van der Waals surface area contributed by atoms with E-state index in [0.29, 0.717) is 36.4 Å². The van der Waals surface area contributed by atoms with Crippen LogP contribution in [0.2, 0.25) is 0 Å². The summed E-state index contributed by atoms with van der Waals surface area (Å²) >= 11 is 0. The molecule has 7 nitrogen and oxygen atoms in total. The van der Waals surface area contributed by atoms with E-state index in [1.165, 1.54) is 0 Å². The lowest BCUT2D eigenvalue weighted by Crippen LogP contribution is -2.47. The summed E-state index contributed by atoms with van der Waals surface area (Å²) in [5.74, 6) is 0.0824. The van der Waals surface area contributed by atoms with Gasteiger partial charge in [0, 0.05) is 24.6 Å². The molecule has 0 aromatic heterocycles. The molecule has 0 aliphatic carbocycles. The molecule has 1 atom stereocenters. The van der Waals surface area contributed by atoms with Gasteiger partial charge in [-0.1, -0.05) is 0 Å². The van der Waals surface area contributed by atoms with Crippen LogP contribution in [0, 0.1) is 0 Å². The fraction of sp³-hybridized carbons (Fsp3) is 0.357. The molecule has 0 saturated carbocycles. The second-order valence-corrected chi connectivity index (χ2v) is 5.06. The van der Waals surface area contributed by atoms with Gasteiger partial charge in [0.25, 0.3) is 11.8 Å². The van der Waals surface area contributed by atoms with Gasteiger partial charge in [-0.3, -0.25) is 14.4 Å². The molecule has 1 saturated heterocycles. The molecule has 2 aliphatic heterocycles. The standard InChI is InChI=1S/C14H15N3O4/c18-12-4-2-9(6-15-12)16-14(20)8-1-3-11-10(5-8)17-13(19)7-21-11/h1,3,5,9H,2,4,6-7H2,(H,15,18)(H,16,20)(H,17,19). The minimum Gasteiger partial charge on any atom is -0.482 e. The van der Waals surface area contributed by atoms with Crippen LogP contribution in [0.5, 0.6) is 5.75 Å². The summed E-state index contributed by atoms with van der Waals surface area (Å²) in [7, 11) is 0. The molecule has 21 heavy (non-hydrogen) atoms. The van der Waals surface area contributed by atoms with Crippen LogP contribution >= 0.6 is 0 Å². The molecule has 2 heterocycles. The van der Waals surface area contributed by atoms with E-state index in [2.05, 4.69) is 16.0 Å². The molecule has 0 bridgehead atoms. The van der Waals surface area contributed by atoms with Gasteiger partial charge in [-0.15, -0.1) is 0 Å². The third-order valence-corrected chi connectivity index (χ3v) is 3.48. The zero-order valence-corrected chi connectivity index (χ0v) is 11.3. The summed E-state index contributed by atoms with van der Waals surface area (Å²) in [6.45, 7) is 0.426. The van der Waals surface area contributed by atoms with Crippen LogP contribution in [0.3, 0.4) is 0 Å². The van der Waals surface area contributed by atoms with Crippen molar-refractivity contribution in [1.82, 2.24) is 10.6 Å². The van der Waals surface area contributed by atoms with Crippen LogP contribution in [-0.2, 0) is 9.59 Å². The van der Waals surface area contributed by atoms with E-state index in [0.717, 1.165) is 0 Å². The largest absolute Gasteiger partial charge is 0.482 e. The Morgan fingerprint density at radius 1 is 1.29 bits per heavy atom. The van der Waals surface area contributed by atoms with E-state index >= 15 is 0 Å². The van der Waals surface area contributed by atoms with Gasteiger partial charge < -0.3 is 20.7 Å². The Morgan fingerprint density at radius 3 is 2.90 bits per heavy atom. The summed E-state index contributed by atoms with van der Waals surface area (Å²) in [5, 5.41) is 8.24. The average molecular weight is 289 g/mol. The first-order valence-corrected chi connectivity index (χ1v) is 6.76. The molecule has 1 aromatic rings. The van der Waals surface area contributed by atoms with Crippen molar-refractivity contribution in [3.63, 3.8) is 0 Å². The molecule has 7 heteroatoms. The number of carbonyl (C=O) groups excluding carboxylic acids is 3. The number of rotatable bonds is 2. The summed E-state index contributed by atoms with van der Waals surface area (Å²) in [4.78, 5) is 34.5. The molecule has 1 fully saturated rings. The Hall–Kier alpha value is -2.57. The minimum atomic E-state index is -0.241. The van der Waals surface area contributed by atoms with Crippen LogP contribution < -0.4 is 20.7 Å². The molecule has 3 amide bonds. The highest BCUT2D eigenvalue weighted by Gasteiger charge is 2.22. The van der Waals surface area contributed by atoms with Gasteiger partial charge in [-0.2, -0.15) is 0 Å². The number of hydrogen-bond acceptors (Lipinski definition) is 4. The maximum Gasteiger partial charge on any atom is 0.262 e. The molecular formula is C14H15N3O4. The van der Waals surface area contributed by atoms with Gasteiger partial charge >= 0.3 is 0 Å². The maximum atomic E-state index is 12.2. The van der Waals surface area contributed by atoms with Gasteiger partial charge in [0.15, 0.2) is 6.61 Å². The van der Waals surface area contributed by atoms with Crippen LogP contribution in [0.15, 0.2) is 18.2 Å². The number of amides is 3. The summed E-state index contributed by atoms with van der Waals surface area (Å²) in [6.07, 6.45) is 1.04. The van der Waals surface area contributed by atoms with Crippen molar-refractivity contribution >= 4 is 23.4 Å². The lowest BCUT2D eigenvalue weighted by molar-refractivity contribution is -0.122. The van der Waals surface area contributed by atoms with E-state index < -0.39 is 0 Å². The molecule has 1 unspecified atom stereocenters. The number of ether oxygens (including phenoxy) is 1.